The van der Waals surface area contributed by atoms with Crippen molar-refractivity contribution in [2.45, 2.75) is 12.3 Å². The van der Waals surface area contributed by atoms with Crippen molar-refractivity contribution in [1.29, 1.82) is 0 Å². The molecule has 0 aliphatic heterocycles. The summed E-state index contributed by atoms with van der Waals surface area (Å²) >= 11 is 0. The quantitative estimate of drug-likeness (QED) is 0.817. The minimum atomic E-state index is -4.85. The van der Waals surface area contributed by atoms with E-state index in [4.69, 9.17) is 5.11 Å². The van der Waals surface area contributed by atoms with Crippen LogP contribution >= 0.6 is 0 Å². The van der Waals surface area contributed by atoms with Crippen LogP contribution in [0.15, 0.2) is 24.3 Å². The van der Waals surface area contributed by atoms with E-state index in [1.54, 1.807) is 0 Å². The van der Waals surface area contributed by atoms with E-state index in [9.17, 15) is 26.7 Å². The molecule has 9 heteroatoms. The van der Waals surface area contributed by atoms with Gasteiger partial charge in [0.25, 0.3) is 11.8 Å². The maximum atomic E-state index is 12.7. The zero-order valence-corrected chi connectivity index (χ0v) is 9.88. The number of rotatable bonds is 5. The summed E-state index contributed by atoms with van der Waals surface area (Å²) in [6.07, 6.45) is -4.85. The molecule has 1 aromatic carbocycles. The van der Waals surface area contributed by atoms with E-state index in [0.717, 1.165) is 24.3 Å². The lowest BCUT2D eigenvalue weighted by Gasteiger charge is -2.14. The topological polar surface area (TPSA) is 58.6 Å². The molecule has 1 rings (SSSR count). The first-order chi connectivity index (χ1) is 9.13. The Labute approximate surface area is 110 Å². The Bertz CT molecular complexity index is 458. The van der Waals surface area contributed by atoms with Crippen LogP contribution in [0, 0.1) is 0 Å². The van der Waals surface area contributed by atoms with Crippen LogP contribution in [0.4, 0.5) is 22.0 Å². The highest BCUT2D eigenvalue weighted by Crippen LogP contribution is 2.22. The van der Waals surface area contributed by atoms with Crippen molar-refractivity contribution in [1.82, 2.24) is 5.32 Å². The number of hydrogen-bond donors (Lipinski definition) is 2. The smallest absolute Gasteiger partial charge is 0.406 e. The van der Waals surface area contributed by atoms with E-state index >= 15 is 0 Å². The summed E-state index contributed by atoms with van der Waals surface area (Å²) in [6, 6.07) is 3.75. The summed E-state index contributed by atoms with van der Waals surface area (Å²) in [5.74, 6) is -4.90. The number of amides is 1. The van der Waals surface area contributed by atoms with Crippen molar-refractivity contribution in [2.75, 3.05) is 13.2 Å². The summed E-state index contributed by atoms with van der Waals surface area (Å²) in [4.78, 5) is 11.4. The Morgan fingerprint density at radius 1 is 1.15 bits per heavy atom. The predicted octanol–water partition coefficient (Wildman–Crippen LogP) is 1.94. The van der Waals surface area contributed by atoms with Crippen LogP contribution in [0.5, 0.6) is 5.75 Å². The minimum absolute atomic E-state index is 0.117. The first-order valence-electron chi connectivity index (χ1n) is 5.26. The van der Waals surface area contributed by atoms with Crippen molar-refractivity contribution in [3.05, 3.63) is 29.8 Å². The highest BCUT2D eigenvalue weighted by Gasteiger charge is 2.31. The number of carbonyl (C=O) groups is 1. The minimum Gasteiger partial charge on any atom is -0.406 e. The van der Waals surface area contributed by atoms with Gasteiger partial charge in [0.05, 0.1) is 6.54 Å². The van der Waals surface area contributed by atoms with Crippen molar-refractivity contribution < 1.29 is 36.6 Å². The van der Waals surface area contributed by atoms with Crippen molar-refractivity contribution >= 4 is 5.91 Å². The number of benzene rings is 1. The summed E-state index contributed by atoms with van der Waals surface area (Å²) in [6.45, 7) is -2.51. The maximum Gasteiger partial charge on any atom is 0.573 e. The third-order valence-corrected chi connectivity index (χ3v) is 2.09. The molecule has 0 saturated carbocycles. The molecular weight excluding hydrogens is 289 g/mol. The lowest BCUT2D eigenvalue weighted by atomic mass is 10.2. The van der Waals surface area contributed by atoms with Gasteiger partial charge in [-0.15, -0.1) is 13.2 Å². The van der Waals surface area contributed by atoms with Gasteiger partial charge in [-0.1, -0.05) is 0 Å². The van der Waals surface area contributed by atoms with Crippen LogP contribution in [0.2, 0.25) is 0 Å². The van der Waals surface area contributed by atoms with Gasteiger partial charge < -0.3 is 15.2 Å². The molecule has 0 aliphatic carbocycles. The molecule has 112 valence electrons. The van der Waals surface area contributed by atoms with Crippen molar-refractivity contribution in [3.8, 4) is 5.75 Å². The standard InChI is InChI=1S/C11H10F5NO3/c12-10(13,6-18)5-17-9(19)7-1-3-8(4-2-7)20-11(14,15)16/h1-4,18H,5-6H2,(H,17,19). The van der Waals surface area contributed by atoms with Gasteiger partial charge in [-0.25, -0.2) is 8.78 Å². The number of halogens is 5. The van der Waals surface area contributed by atoms with Gasteiger partial charge in [0.2, 0.25) is 0 Å². The number of aliphatic hydroxyl groups is 1. The van der Waals surface area contributed by atoms with Gasteiger partial charge in [-0.2, -0.15) is 0 Å². The average molecular weight is 299 g/mol. The Morgan fingerprint density at radius 3 is 2.15 bits per heavy atom. The molecule has 0 bridgehead atoms. The first kappa shape index (κ1) is 16.2. The molecule has 0 saturated heterocycles. The number of carbonyl (C=O) groups excluding carboxylic acids is 1. The second-order valence-electron chi connectivity index (χ2n) is 3.77. The lowest BCUT2D eigenvalue weighted by molar-refractivity contribution is -0.274. The molecule has 0 fully saturated rings. The normalized spacial score (nSPS) is 12.1. The number of ether oxygens (including phenoxy) is 1. The van der Waals surface area contributed by atoms with Crippen LogP contribution < -0.4 is 10.1 Å². The number of alkyl halides is 5. The predicted molar refractivity (Wildman–Crippen MR) is 57.5 cm³/mol. The molecule has 20 heavy (non-hydrogen) atoms. The zero-order valence-electron chi connectivity index (χ0n) is 9.88. The second kappa shape index (κ2) is 6.04. The van der Waals surface area contributed by atoms with E-state index in [-0.39, 0.29) is 5.56 Å². The number of aliphatic hydroxyl groups excluding tert-OH is 1. The molecule has 0 aliphatic rings. The third kappa shape index (κ3) is 5.39. The maximum absolute atomic E-state index is 12.7. The van der Waals surface area contributed by atoms with E-state index in [1.165, 1.54) is 0 Å². The third-order valence-electron chi connectivity index (χ3n) is 2.09. The lowest BCUT2D eigenvalue weighted by Crippen LogP contribution is -2.38. The Morgan fingerprint density at radius 2 is 1.70 bits per heavy atom. The van der Waals surface area contributed by atoms with E-state index in [2.05, 4.69) is 4.74 Å². The van der Waals surface area contributed by atoms with Gasteiger partial charge in [0.1, 0.15) is 12.4 Å². The van der Waals surface area contributed by atoms with Crippen LogP contribution in [0.1, 0.15) is 10.4 Å². The van der Waals surface area contributed by atoms with Gasteiger partial charge >= 0.3 is 6.36 Å². The summed E-state index contributed by atoms with van der Waals surface area (Å²) in [5.41, 5.74) is -0.117. The van der Waals surface area contributed by atoms with E-state index in [1.807, 2.05) is 5.32 Å². The number of nitrogens with one attached hydrogen (secondary N) is 1. The fraction of sp³-hybridized carbons (Fsp3) is 0.364. The Balaban J connectivity index is 2.62. The molecule has 1 amide bonds. The van der Waals surface area contributed by atoms with E-state index < -0.39 is 37.1 Å². The van der Waals surface area contributed by atoms with Crippen LogP contribution in [0.25, 0.3) is 0 Å². The fourth-order valence-corrected chi connectivity index (χ4v) is 1.18. The fourth-order valence-electron chi connectivity index (χ4n) is 1.18. The largest absolute Gasteiger partial charge is 0.573 e. The molecule has 0 aromatic heterocycles. The van der Waals surface area contributed by atoms with Crippen LogP contribution in [0.3, 0.4) is 0 Å². The zero-order chi connectivity index (χ0) is 15.4. The van der Waals surface area contributed by atoms with Gasteiger partial charge in [0.15, 0.2) is 0 Å². The second-order valence-corrected chi connectivity index (χ2v) is 3.77. The molecule has 0 heterocycles. The van der Waals surface area contributed by atoms with Gasteiger partial charge in [-0.3, -0.25) is 4.79 Å². The summed E-state index contributed by atoms with van der Waals surface area (Å²) < 4.78 is 64.6. The summed E-state index contributed by atoms with van der Waals surface area (Å²) in [5, 5.41) is 10.1. The van der Waals surface area contributed by atoms with E-state index in [0.29, 0.717) is 0 Å². The Hall–Kier alpha value is -1.90. The average Bonchev–Trinajstić information content (AvgIpc) is 2.35. The Kier molecular flexibility index (Phi) is 4.88. The molecule has 0 radical (unpaired) electrons. The van der Waals surface area contributed by atoms with Gasteiger partial charge in [0, 0.05) is 5.56 Å². The molecule has 1 aromatic rings. The molecule has 0 atom stereocenters. The molecular formula is C11H10F5NO3. The van der Waals surface area contributed by atoms with Crippen molar-refractivity contribution in [3.63, 3.8) is 0 Å². The number of hydrogen-bond acceptors (Lipinski definition) is 3. The summed E-state index contributed by atoms with van der Waals surface area (Å²) in [7, 11) is 0. The SMILES string of the molecule is O=C(NCC(F)(F)CO)c1ccc(OC(F)(F)F)cc1. The van der Waals surface area contributed by atoms with Gasteiger partial charge in [-0.05, 0) is 24.3 Å². The van der Waals surface area contributed by atoms with Crippen molar-refractivity contribution in [2.24, 2.45) is 0 Å². The monoisotopic (exact) mass is 299 g/mol. The molecule has 4 nitrogen and oxygen atoms in total. The molecule has 0 unspecified atom stereocenters. The highest BCUT2D eigenvalue weighted by molar-refractivity contribution is 5.94. The van der Waals surface area contributed by atoms with Crippen LogP contribution in [-0.4, -0.2) is 36.5 Å². The molecule has 2 N–H and O–H groups in total. The highest BCUT2D eigenvalue weighted by atomic mass is 19.4. The molecule has 0 spiro atoms. The van der Waals surface area contributed by atoms with Crippen LogP contribution in [-0.2, 0) is 0 Å². The first-order valence-corrected chi connectivity index (χ1v) is 5.26.